The van der Waals surface area contributed by atoms with Gasteiger partial charge in [-0.3, -0.25) is 4.79 Å². The number of hydrogen-bond acceptors (Lipinski definition) is 3. The molecule has 112 valence electrons. The summed E-state index contributed by atoms with van der Waals surface area (Å²) in [4.78, 5) is 18.1. The standard InChI is InChI=1S/C15H10ClF2N3O/c1-6(22)13-9(16)12(19)11(18)15(21-13)8-3-2-7-4-5-20-14(7)10(8)17/h2-5,20H,1H3,(H2,19,21). The maximum absolute atomic E-state index is 14.5. The van der Waals surface area contributed by atoms with Crippen LogP contribution < -0.4 is 5.73 Å². The molecule has 0 amide bonds. The lowest BCUT2D eigenvalue weighted by molar-refractivity contribution is 0.101. The molecular weight excluding hydrogens is 312 g/mol. The average molecular weight is 322 g/mol. The zero-order valence-electron chi connectivity index (χ0n) is 11.4. The van der Waals surface area contributed by atoms with E-state index in [9.17, 15) is 13.6 Å². The van der Waals surface area contributed by atoms with Gasteiger partial charge < -0.3 is 10.7 Å². The molecule has 3 rings (SSSR count). The molecule has 1 aromatic carbocycles. The fourth-order valence-corrected chi connectivity index (χ4v) is 2.51. The molecule has 4 nitrogen and oxygen atoms in total. The Bertz CT molecular complexity index is 921. The topological polar surface area (TPSA) is 71.8 Å². The van der Waals surface area contributed by atoms with E-state index in [-0.39, 0.29) is 27.5 Å². The number of fused-ring (bicyclic) bond motifs is 1. The van der Waals surface area contributed by atoms with Crippen LogP contribution in [0.4, 0.5) is 14.5 Å². The monoisotopic (exact) mass is 321 g/mol. The number of pyridine rings is 1. The number of carbonyl (C=O) groups is 1. The van der Waals surface area contributed by atoms with Crippen molar-refractivity contribution in [2.24, 2.45) is 0 Å². The molecule has 3 aromatic rings. The van der Waals surface area contributed by atoms with Crippen LogP contribution in [0, 0.1) is 11.6 Å². The summed E-state index contributed by atoms with van der Waals surface area (Å²) in [7, 11) is 0. The van der Waals surface area contributed by atoms with Gasteiger partial charge >= 0.3 is 0 Å². The number of nitrogens with two attached hydrogens (primary N) is 1. The van der Waals surface area contributed by atoms with Crippen LogP contribution >= 0.6 is 11.6 Å². The number of ketones is 1. The molecule has 0 unspecified atom stereocenters. The summed E-state index contributed by atoms with van der Waals surface area (Å²) in [5.41, 5.74) is 4.73. The number of benzene rings is 1. The highest BCUT2D eigenvalue weighted by Gasteiger charge is 2.23. The summed E-state index contributed by atoms with van der Waals surface area (Å²) < 4.78 is 28.9. The second kappa shape index (κ2) is 5.06. The lowest BCUT2D eigenvalue weighted by Gasteiger charge is -2.11. The average Bonchev–Trinajstić information content (AvgIpc) is 2.95. The van der Waals surface area contributed by atoms with Gasteiger partial charge in [0.15, 0.2) is 17.4 Å². The third kappa shape index (κ3) is 2.03. The summed E-state index contributed by atoms with van der Waals surface area (Å²) in [6, 6.07) is 4.68. The number of nitrogens with one attached hydrogen (secondary N) is 1. The van der Waals surface area contributed by atoms with Crippen LogP contribution in [0.3, 0.4) is 0 Å². The second-order valence-corrected chi connectivity index (χ2v) is 5.15. The molecule has 3 N–H and O–H groups in total. The van der Waals surface area contributed by atoms with E-state index in [1.165, 1.54) is 13.0 Å². The summed E-state index contributed by atoms with van der Waals surface area (Å²) in [6.07, 6.45) is 1.57. The zero-order chi connectivity index (χ0) is 16.0. The molecule has 0 fully saturated rings. The molecule has 0 radical (unpaired) electrons. The van der Waals surface area contributed by atoms with Gasteiger partial charge in [0, 0.05) is 24.1 Å². The number of aromatic nitrogens is 2. The van der Waals surface area contributed by atoms with E-state index in [0.29, 0.717) is 5.39 Å². The van der Waals surface area contributed by atoms with E-state index in [4.69, 9.17) is 17.3 Å². The number of carbonyl (C=O) groups excluding carboxylic acids is 1. The molecule has 0 aliphatic rings. The summed E-state index contributed by atoms with van der Waals surface area (Å²) in [5, 5.41) is 0.366. The summed E-state index contributed by atoms with van der Waals surface area (Å²) >= 11 is 5.82. The van der Waals surface area contributed by atoms with Crippen molar-refractivity contribution in [1.29, 1.82) is 0 Å². The van der Waals surface area contributed by atoms with Crippen LogP contribution in [0.25, 0.3) is 22.2 Å². The van der Waals surface area contributed by atoms with Gasteiger partial charge in [0.2, 0.25) is 0 Å². The molecule has 0 saturated carbocycles. The first kappa shape index (κ1) is 14.5. The van der Waals surface area contributed by atoms with E-state index in [2.05, 4.69) is 9.97 Å². The molecule has 0 spiro atoms. The van der Waals surface area contributed by atoms with Gasteiger partial charge in [0.25, 0.3) is 0 Å². The van der Waals surface area contributed by atoms with E-state index < -0.39 is 23.1 Å². The normalized spacial score (nSPS) is 11.1. The molecule has 0 aliphatic carbocycles. The van der Waals surface area contributed by atoms with Crippen molar-refractivity contribution >= 4 is 34.0 Å². The molecule has 2 aromatic heterocycles. The van der Waals surface area contributed by atoms with E-state index in [0.717, 1.165) is 0 Å². The lowest BCUT2D eigenvalue weighted by atomic mass is 10.1. The number of aromatic amines is 1. The first-order valence-electron chi connectivity index (χ1n) is 6.33. The molecule has 0 aliphatic heterocycles. The van der Waals surface area contributed by atoms with Crippen LogP contribution in [0.2, 0.25) is 5.02 Å². The maximum Gasteiger partial charge on any atom is 0.179 e. The molecular formula is C15H10ClF2N3O. The predicted octanol–water partition coefficient (Wildman–Crippen LogP) is 3.95. The Hall–Kier alpha value is -2.47. The number of anilines is 1. The summed E-state index contributed by atoms with van der Waals surface area (Å²) in [5.74, 6) is -2.12. The van der Waals surface area contributed by atoms with Crippen molar-refractivity contribution in [3.63, 3.8) is 0 Å². The molecule has 2 heterocycles. The minimum Gasteiger partial charge on any atom is -0.395 e. The highest BCUT2D eigenvalue weighted by atomic mass is 35.5. The second-order valence-electron chi connectivity index (χ2n) is 4.78. The van der Waals surface area contributed by atoms with Crippen molar-refractivity contribution in [2.75, 3.05) is 5.73 Å². The number of nitrogen functional groups attached to an aromatic ring is 1. The maximum atomic E-state index is 14.5. The Labute approximate surface area is 128 Å². The fourth-order valence-electron chi connectivity index (χ4n) is 2.25. The number of hydrogen-bond donors (Lipinski definition) is 2. The van der Waals surface area contributed by atoms with Gasteiger partial charge in [0.1, 0.15) is 11.4 Å². The number of halogens is 3. The predicted molar refractivity (Wildman–Crippen MR) is 80.9 cm³/mol. The number of Topliss-reactive ketones (excluding diaryl/α,β-unsaturated/α-hetero) is 1. The van der Waals surface area contributed by atoms with E-state index in [1.54, 1.807) is 18.3 Å². The minimum atomic E-state index is -0.959. The molecule has 22 heavy (non-hydrogen) atoms. The quantitative estimate of drug-likeness (QED) is 0.702. The van der Waals surface area contributed by atoms with Gasteiger partial charge in [-0.25, -0.2) is 13.8 Å². The van der Waals surface area contributed by atoms with Crippen molar-refractivity contribution in [3.8, 4) is 11.3 Å². The molecule has 0 saturated heterocycles. The number of H-pyrrole nitrogens is 1. The molecule has 7 heteroatoms. The van der Waals surface area contributed by atoms with E-state index >= 15 is 0 Å². The highest BCUT2D eigenvalue weighted by molar-refractivity contribution is 6.36. The first-order valence-corrected chi connectivity index (χ1v) is 6.71. The van der Waals surface area contributed by atoms with Crippen LogP contribution in [-0.4, -0.2) is 15.8 Å². The number of nitrogens with zero attached hydrogens (tertiary/aromatic N) is 1. The van der Waals surface area contributed by atoms with Gasteiger partial charge in [-0.15, -0.1) is 0 Å². The van der Waals surface area contributed by atoms with Crippen molar-refractivity contribution in [3.05, 3.63) is 46.7 Å². The summed E-state index contributed by atoms with van der Waals surface area (Å²) in [6.45, 7) is 1.22. The Morgan fingerprint density at radius 2 is 2.00 bits per heavy atom. The SMILES string of the molecule is CC(=O)c1nc(-c2ccc3cc[nH]c3c2F)c(F)c(N)c1Cl. The molecule has 0 atom stereocenters. The van der Waals surface area contributed by atoms with Crippen LogP contribution in [0.5, 0.6) is 0 Å². The number of rotatable bonds is 2. The van der Waals surface area contributed by atoms with Crippen LogP contribution in [0.15, 0.2) is 24.4 Å². The minimum absolute atomic E-state index is 0.0988. The Morgan fingerprint density at radius 3 is 2.68 bits per heavy atom. The van der Waals surface area contributed by atoms with E-state index in [1.807, 2.05) is 0 Å². The van der Waals surface area contributed by atoms with Crippen LogP contribution in [0.1, 0.15) is 17.4 Å². The zero-order valence-corrected chi connectivity index (χ0v) is 12.1. The highest BCUT2D eigenvalue weighted by Crippen LogP contribution is 2.35. The Kier molecular flexibility index (Phi) is 3.33. The third-order valence-electron chi connectivity index (χ3n) is 3.37. The van der Waals surface area contributed by atoms with Crippen molar-refractivity contribution in [2.45, 2.75) is 6.92 Å². The van der Waals surface area contributed by atoms with Gasteiger partial charge in [-0.2, -0.15) is 0 Å². The Morgan fingerprint density at radius 1 is 1.27 bits per heavy atom. The largest absolute Gasteiger partial charge is 0.395 e. The van der Waals surface area contributed by atoms with Gasteiger partial charge in [0.05, 0.1) is 16.2 Å². The molecule has 0 bridgehead atoms. The smallest absolute Gasteiger partial charge is 0.179 e. The lowest BCUT2D eigenvalue weighted by Crippen LogP contribution is -2.07. The third-order valence-corrected chi connectivity index (χ3v) is 3.75. The Balaban J connectivity index is 2.35. The fraction of sp³-hybridized carbons (Fsp3) is 0.0667. The van der Waals surface area contributed by atoms with Crippen LogP contribution in [-0.2, 0) is 0 Å². The van der Waals surface area contributed by atoms with Crippen molar-refractivity contribution in [1.82, 2.24) is 9.97 Å². The first-order chi connectivity index (χ1) is 10.4. The van der Waals surface area contributed by atoms with Gasteiger partial charge in [-0.05, 0) is 12.1 Å². The van der Waals surface area contributed by atoms with Gasteiger partial charge in [-0.1, -0.05) is 17.7 Å². The van der Waals surface area contributed by atoms with Crippen molar-refractivity contribution < 1.29 is 13.6 Å².